The lowest BCUT2D eigenvalue weighted by molar-refractivity contribution is -0.119. The summed E-state index contributed by atoms with van der Waals surface area (Å²) in [5, 5.41) is 8.26. The van der Waals surface area contributed by atoms with E-state index in [9.17, 15) is 9.59 Å². The number of nitrogens with two attached hydrogens (primary N) is 1. The Labute approximate surface area is 163 Å². The number of aromatic nitrogens is 1. The summed E-state index contributed by atoms with van der Waals surface area (Å²) >= 11 is 1.38. The third-order valence-corrected chi connectivity index (χ3v) is 5.20. The minimum absolute atomic E-state index is 0. The smallest absolute Gasteiger partial charge is 0.271 e. The maximum atomic E-state index is 12.2. The second-order valence-electron chi connectivity index (χ2n) is 6.18. The lowest BCUT2D eigenvalue weighted by Crippen LogP contribution is -2.23. The van der Waals surface area contributed by atoms with Gasteiger partial charge < -0.3 is 16.4 Å². The maximum Gasteiger partial charge on any atom is 0.271 e. The number of nitrogens with zero attached hydrogens (tertiary/aromatic N) is 1. The molecule has 0 aliphatic heterocycles. The average Bonchev–Trinajstić information content (AvgIpc) is 3.31. The van der Waals surface area contributed by atoms with E-state index >= 15 is 0 Å². The minimum atomic E-state index is -0.226. The minimum Gasteiger partial charge on any atom is -0.347 e. The van der Waals surface area contributed by atoms with Gasteiger partial charge in [0, 0.05) is 30.1 Å². The summed E-state index contributed by atoms with van der Waals surface area (Å²) in [4.78, 5) is 28.5. The van der Waals surface area contributed by atoms with Crippen LogP contribution in [0.15, 0.2) is 29.6 Å². The van der Waals surface area contributed by atoms with E-state index in [0.717, 1.165) is 41.9 Å². The summed E-state index contributed by atoms with van der Waals surface area (Å²) in [7, 11) is 0. The molecule has 2 amide bonds. The number of thiazole rings is 1. The van der Waals surface area contributed by atoms with Crippen molar-refractivity contribution in [3.05, 3.63) is 45.9 Å². The first-order valence-corrected chi connectivity index (χ1v) is 9.36. The molecule has 1 aromatic heterocycles. The van der Waals surface area contributed by atoms with E-state index in [1.165, 1.54) is 11.3 Å². The van der Waals surface area contributed by atoms with Crippen LogP contribution in [0.5, 0.6) is 0 Å². The van der Waals surface area contributed by atoms with Gasteiger partial charge in [-0.1, -0.05) is 25.0 Å². The third-order valence-electron chi connectivity index (χ3n) is 4.33. The quantitative estimate of drug-likeness (QED) is 0.701. The van der Waals surface area contributed by atoms with Crippen LogP contribution in [-0.2, 0) is 17.9 Å². The molecule has 1 saturated carbocycles. The number of hydrogen-bond donors (Lipinski definition) is 3. The predicted octanol–water partition coefficient (Wildman–Crippen LogP) is 3.08. The van der Waals surface area contributed by atoms with E-state index in [1.807, 2.05) is 24.3 Å². The summed E-state index contributed by atoms with van der Waals surface area (Å²) in [5.41, 5.74) is 7.59. The van der Waals surface area contributed by atoms with Gasteiger partial charge in [0.25, 0.3) is 5.91 Å². The molecule has 0 spiro atoms. The molecule has 26 heavy (non-hydrogen) atoms. The molecule has 6 nitrogen and oxygen atoms in total. The number of rotatable bonds is 6. The number of carbonyl (C=O) groups is 2. The molecule has 1 fully saturated rings. The molecule has 1 heterocycles. The SMILES string of the molecule is Cl.NCc1nc(C(=O)NCc2cccc(NC(=O)C3CCCC3)c2)cs1. The average molecular weight is 395 g/mol. The van der Waals surface area contributed by atoms with E-state index in [1.54, 1.807) is 5.38 Å². The standard InChI is InChI=1S/C18H22N4O2S.ClH/c19-9-16-22-15(11-25-16)18(24)20-10-12-4-3-7-14(8-12)21-17(23)13-5-1-2-6-13;/h3-4,7-8,11,13H,1-2,5-6,9-10,19H2,(H,20,24)(H,21,23);1H. The summed E-state index contributed by atoms with van der Waals surface area (Å²) in [5.74, 6) is -0.00316. The highest BCUT2D eigenvalue weighted by molar-refractivity contribution is 7.09. The number of anilines is 1. The van der Waals surface area contributed by atoms with E-state index in [-0.39, 0.29) is 30.1 Å². The van der Waals surface area contributed by atoms with Gasteiger partial charge in [-0.05, 0) is 30.5 Å². The molecule has 0 atom stereocenters. The number of benzene rings is 1. The first-order chi connectivity index (χ1) is 12.2. The van der Waals surface area contributed by atoms with Gasteiger partial charge in [-0.3, -0.25) is 9.59 Å². The van der Waals surface area contributed by atoms with Gasteiger partial charge >= 0.3 is 0 Å². The van der Waals surface area contributed by atoms with E-state index in [0.29, 0.717) is 18.8 Å². The fourth-order valence-electron chi connectivity index (χ4n) is 2.97. The Morgan fingerprint density at radius 1 is 1.27 bits per heavy atom. The number of amides is 2. The molecule has 0 saturated heterocycles. The largest absolute Gasteiger partial charge is 0.347 e. The summed E-state index contributed by atoms with van der Waals surface area (Å²) in [6.45, 7) is 0.710. The van der Waals surface area contributed by atoms with Crippen molar-refractivity contribution in [3.8, 4) is 0 Å². The van der Waals surface area contributed by atoms with Gasteiger partial charge in [0.1, 0.15) is 10.7 Å². The molecule has 1 aliphatic rings. The van der Waals surface area contributed by atoms with Crippen LogP contribution in [-0.4, -0.2) is 16.8 Å². The first kappa shape index (κ1) is 20.4. The van der Waals surface area contributed by atoms with Gasteiger partial charge in [-0.15, -0.1) is 23.7 Å². The third kappa shape index (κ3) is 5.27. The molecule has 140 valence electrons. The number of carbonyl (C=O) groups excluding carboxylic acids is 2. The topological polar surface area (TPSA) is 97.1 Å². The molecule has 4 N–H and O–H groups in total. The fourth-order valence-corrected chi connectivity index (χ4v) is 3.63. The van der Waals surface area contributed by atoms with Crippen molar-refractivity contribution in [1.82, 2.24) is 10.3 Å². The Morgan fingerprint density at radius 2 is 2.04 bits per heavy atom. The maximum absolute atomic E-state index is 12.2. The number of nitrogens with one attached hydrogen (secondary N) is 2. The fraction of sp³-hybridized carbons (Fsp3) is 0.389. The molecule has 1 aromatic carbocycles. The summed E-state index contributed by atoms with van der Waals surface area (Å²) in [6, 6.07) is 7.55. The molecule has 2 aromatic rings. The lowest BCUT2D eigenvalue weighted by Gasteiger charge is -2.11. The van der Waals surface area contributed by atoms with Crippen molar-refractivity contribution in [2.24, 2.45) is 11.7 Å². The van der Waals surface area contributed by atoms with Crippen molar-refractivity contribution in [1.29, 1.82) is 0 Å². The van der Waals surface area contributed by atoms with E-state index < -0.39 is 0 Å². The van der Waals surface area contributed by atoms with Crippen LogP contribution < -0.4 is 16.4 Å². The van der Waals surface area contributed by atoms with Crippen molar-refractivity contribution in [3.63, 3.8) is 0 Å². The molecule has 0 unspecified atom stereocenters. The highest BCUT2D eigenvalue weighted by atomic mass is 35.5. The molecular weight excluding hydrogens is 372 g/mol. The van der Waals surface area contributed by atoms with Crippen molar-refractivity contribution < 1.29 is 9.59 Å². The summed E-state index contributed by atoms with van der Waals surface area (Å²) in [6.07, 6.45) is 4.21. The van der Waals surface area contributed by atoms with Gasteiger partial charge in [0.15, 0.2) is 0 Å². The summed E-state index contributed by atoms with van der Waals surface area (Å²) < 4.78 is 0. The highest BCUT2D eigenvalue weighted by Gasteiger charge is 2.22. The van der Waals surface area contributed by atoms with Crippen LogP contribution in [0, 0.1) is 5.92 Å². The molecule has 3 rings (SSSR count). The molecular formula is C18H23ClN4O2S. The zero-order chi connectivity index (χ0) is 17.6. The molecule has 1 aliphatic carbocycles. The van der Waals surface area contributed by atoms with Gasteiger partial charge in [0.2, 0.25) is 5.91 Å². The Hall–Kier alpha value is -1.96. The number of hydrogen-bond acceptors (Lipinski definition) is 5. The zero-order valence-corrected chi connectivity index (χ0v) is 16.0. The van der Waals surface area contributed by atoms with Crippen LogP contribution in [0.2, 0.25) is 0 Å². The van der Waals surface area contributed by atoms with E-state index in [4.69, 9.17) is 5.73 Å². The Kier molecular flexibility index (Phi) is 7.56. The van der Waals surface area contributed by atoms with Crippen LogP contribution in [0.1, 0.15) is 46.7 Å². The normalized spacial score (nSPS) is 13.9. The Morgan fingerprint density at radius 3 is 2.73 bits per heavy atom. The van der Waals surface area contributed by atoms with Crippen LogP contribution in [0.3, 0.4) is 0 Å². The van der Waals surface area contributed by atoms with Crippen molar-refractivity contribution in [2.45, 2.75) is 38.8 Å². The Bertz CT molecular complexity index is 759. The highest BCUT2D eigenvalue weighted by Crippen LogP contribution is 2.26. The van der Waals surface area contributed by atoms with Gasteiger partial charge in [0.05, 0.1) is 0 Å². The van der Waals surface area contributed by atoms with Gasteiger partial charge in [-0.25, -0.2) is 4.98 Å². The molecule has 8 heteroatoms. The Balaban J connectivity index is 0.00000243. The van der Waals surface area contributed by atoms with Gasteiger partial charge in [-0.2, -0.15) is 0 Å². The van der Waals surface area contributed by atoms with Crippen molar-refractivity contribution in [2.75, 3.05) is 5.32 Å². The second kappa shape index (κ2) is 9.66. The predicted molar refractivity (Wildman–Crippen MR) is 105 cm³/mol. The molecule has 0 bridgehead atoms. The van der Waals surface area contributed by atoms with Crippen LogP contribution >= 0.6 is 23.7 Å². The van der Waals surface area contributed by atoms with Crippen LogP contribution in [0.25, 0.3) is 0 Å². The van der Waals surface area contributed by atoms with Crippen molar-refractivity contribution >= 4 is 41.2 Å². The van der Waals surface area contributed by atoms with Crippen LogP contribution in [0.4, 0.5) is 5.69 Å². The second-order valence-corrected chi connectivity index (χ2v) is 7.13. The monoisotopic (exact) mass is 394 g/mol. The lowest BCUT2D eigenvalue weighted by atomic mass is 10.1. The zero-order valence-electron chi connectivity index (χ0n) is 14.4. The first-order valence-electron chi connectivity index (χ1n) is 8.48. The molecule has 0 radical (unpaired) electrons. The number of halogens is 1. The van der Waals surface area contributed by atoms with E-state index in [2.05, 4.69) is 15.6 Å².